The summed E-state index contributed by atoms with van der Waals surface area (Å²) in [6.45, 7) is 1.42. The van der Waals surface area contributed by atoms with Gasteiger partial charge in [-0.2, -0.15) is 0 Å². The fourth-order valence-corrected chi connectivity index (χ4v) is 2.06. The van der Waals surface area contributed by atoms with Crippen molar-refractivity contribution in [3.8, 4) is 5.75 Å². The molecular weight excluding hydrogens is 259 g/mol. The Morgan fingerprint density at radius 1 is 1.44 bits per heavy atom. The zero-order valence-corrected chi connectivity index (χ0v) is 10.7. The van der Waals surface area contributed by atoms with Gasteiger partial charge < -0.3 is 15.3 Å². The van der Waals surface area contributed by atoms with Gasteiger partial charge >= 0.3 is 0 Å². The molecule has 0 bridgehead atoms. The SMILES string of the molecule is CC(=O)SCCC(O)C(O)c1ccc(F)c(O)c1. The van der Waals surface area contributed by atoms with Crippen LogP contribution in [-0.2, 0) is 4.79 Å². The van der Waals surface area contributed by atoms with Gasteiger partial charge in [0.05, 0.1) is 6.10 Å². The second-order valence-electron chi connectivity index (χ2n) is 3.85. The van der Waals surface area contributed by atoms with Gasteiger partial charge in [-0.1, -0.05) is 17.8 Å². The van der Waals surface area contributed by atoms with Crippen molar-refractivity contribution in [1.82, 2.24) is 0 Å². The van der Waals surface area contributed by atoms with Gasteiger partial charge in [0.1, 0.15) is 6.10 Å². The molecule has 1 aromatic carbocycles. The standard InChI is InChI=1S/C12H15FO4S/c1-7(14)18-5-4-10(15)12(17)8-2-3-9(13)11(16)6-8/h2-3,6,10,12,15-17H,4-5H2,1H3. The minimum absolute atomic E-state index is 0.0592. The lowest BCUT2D eigenvalue weighted by Crippen LogP contribution is -2.19. The Kier molecular flexibility index (Phi) is 5.58. The predicted molar refractivity (Wildman–Crippen MR) is 66.8 cm³/mol. The number of carbonyl (C=O) groups is 1. The lowest BCUT2D eigenvalue weighted by atomic mass is 10.0. The molecule has 4 nitrogen and oxygen atoms in total. The van der Waals surface area contributed by atoms with Crippen molar-refractivity contribution in [2.45, 2.75) is 25.6 Å². The van der Waals surface area contributed by atoms with Crippen molar-refractivity contribution in [1.29, 1.82) is 0 Å². The topological polar surface area (TPSA) is 77.8 Å². The number of halogens is 1. The van der Waals surface area contributed by atoms with Crippen LogP contribution in [0.3, 0.4) is 0 Å². The summed E-state index contributed by atoms with van der Waals surface area (Å²) < 4.78 is 12.8. The molecule has 0 aromatic heterocycles. The number of aliphatic hydroxyl groups excluding tert-OH is 2. The van der Waals surface area contributed by atoms with Crippen LogP contribution in [-0.4, -0.2) is 32.3 Å². The van der Waals surface area contributed by atoms with Crippen molar-refractivity contribution < 1.29 is 24.5 Å². The summed E-state index contributed by atoms with van der Waals surface area (Å²) in [5.41, 5.74) is 0.231. The van der Waals surface area contributed by atoms with Gasteiger partial charge in [-0.25, -0.2) is 4.39 Å². The van der Waals surface area contributed by atoms with Crippen molar-refractivity contribution in [2.24, 2.45) is 0 Å². The molecule has 1 rings (SSSR count). The van der Waals surface area contributed by atoms with Crippen LogP contribution in [0.2, 0.25) is 0 Å². The van der Waals surface area contributed by atoms with Gasteiger partial charge in [-0.05, 0) is 24.1 Å². The normalized spacial score (nSPS) is 14.2. The highest BCUT2D eigenvalue weighted by atomic mass is 32.2. The van der Waals surface area contributed by atoms with Crippen LogP contribution in [0.1, 0.15) is 25.0 Å². The Morgan fingerprint density at radius 3 is 2.67 bits per heavy atom. The maximum absolute atomic E-state index is 12.8. The average Bonchev–Trinajstić information content (AvgIpc) is 2.31. The fraction of sp³-hybridized carbons (Fsp3) is 0.417. The van der Waals surface area contributed by atoms with Crippen LogP contribution in [0.15, 0.2) is 18.2 Å². The van der Waals surface area contributed by atoms with Crippen LogP contribution in [0.25, 0.3) is 0 Å². The summed E-state index contributed by atoms with van der Waals surface area (Å²) >= 11 is 1.06. The number of phenolic OH excluding ortho intramolecular Hbond substituents is 1. The molecule has 1 aromatic rings. The number of benzene rings is 1. The van der Waals surface area contributed by atoms with E-state index in [-0.39, 0.29) is 17.1 Å². The zero-order chi connectivity index (χ0) is 13.7. The van der Waals surface area contributed by atoms with Gasteiger partial charge in [-0.3, -0.25) is 4.79 Å². The monoisotopic (exact) mass is 274 g/mol. The van der Waals surface area contributed by atoms with E-state index in [1.807, 2.05) is 0 Å². The lowest BCUT2D eigenvalue weighted by Gasteiger charge is -2.18. The highest BCUT2D eigenvalue weighted by molar-refractivity contribution is 8.13. The molecule has 2 atom stereocenters. The Bertz CT molecular complexity index is 425. The minimum atomic E-state index is -1.22. The van der Waals surface area contributed by atoms with Gasteiger partial charge in [0.15, 0.2) is 16.7 Å². The highest BCUT2D eigenvalue weighted by Gasteiger charge is 2.19. The van der Waals surface area contributed by atoms with Crippen molar-refractivity contribution in [3.63, 3.8) is 0 Å². The Labute approximate surface area is 108 Å². The molecule has 0 spiro atoms. The maximum Gasteiger partial charge on any atom is 0.185 e. The summed E-state index contributed by atoms with van der Waals surface area (Å²) in [4.78, 5) is 10.7. The molecule has 0 aliphatic rings. The molecule has 2 unspecified atom stereocenters. The van der Waals surface area contributed by atoms with Crippen LogP contribution >= 0.6 is 11.8 Å². The van der Waals surface area contributed by atoms with Crippen LogP contribution in [0.5, 0.6) is 5.75 Å². The van der Waals surface area contributed by atoms with Crippen LogP contribution in [0, 0.1) is 5.82 Å². The quantitative estimate of drug-likeness (QED) is 0.760. The Morgan fingerprint density at radius 2 is 2.11 bits per heavy atom. The lowest BCUT2D eigenvalue weighted by molar-refractivity contribution is -0.109. The van der Waals surface area contributed by atoms with E-state index in [0.717, 1.165) is 23.9 Å². The first-order chi connectivity index (χ1) is 8.41. The van der Waals surface area contributed by atoms with Crippen LogP contribution in [0.4, 0.5) is 4.39 Å². The van der Waals surface area contributed by atoms with E-state index < -0.39 is 23.8 Å². The summed E-state index contributed by atoms with van der Waals surface area (Å²) in [5, 5.41) is 28.6. The van der Waals surface area contributed by atoms with Crippen molar-refractivity contribution in [3.05, 3.63) is 29.6 Å². The number of aliphatic hydroxyl groups is 2. The largest absolute Gasteiger partial charge is 0.505 e. The molecule has 100 valence electrons. The number of aromatic hydroxyl groups is 1. The van der Waals surface area contributed by atoms with Crippen molar-refractivity contribution >= 4 is 16.9 Å². The molecule has 0 heterocycles. The first-order valence-corrected chi connectivity index (χ1v) is 6.38. The van der Waals surface area contributed by atoms with E-state index in [9.17, 15) is 19.4 Å². The first-order valence-electron chi connectivity index (χ1n) is 5.39. The molecule has 0 saturated heterocycles. The van der Waals surface area contributed by atoms with Gasteiger partial charge in [0.25, 0.3) is 0 Å². The molecule has 0 saturated carbocycles. The number of carbonyl (C=O) groups excluding carboxylic acids is 1. The number of phenols is 1. The Hall–Kier alpha value is -1.11. The van der Waals surface area contributed by atoms with Gasteiger partial charge in [0, 0.05) is 12.7 Å². The smallest absolute Gasteiger partial charge is 0.185 e. The van der Waals surface area contributed by atoms with E-state index in [1.54, 1.807) is 0 Å². The number of thioether (sulfide) groups is 1. The molecular formula is C12H15FO4S. The average molecular weight is 274 g/mol. The second-order valence-corrected chi connectivity index (χ2v) is 5.12. The number of hydrogen-bond donors (Lipinski definition) is 3. The predicted octanol–water partition coefficient (Wildman–Crippen LogP) is 1.60. The summed E-state index contributed by atoms with van der Waals surface area (Å²) in [5.74, 6) is -0.967. The third kappa shape index (κ3) is 4.29. The molecule has 0 fully saturated rings. The van der Waals surface area contributed by atoms with E-state index in [4.69, 9.17) is 5.11 Å². The van der Waals surface area contributed by atoms with E-state index in [1.165, 1.54) is 13.0 Å². The summed E-state index contributed by atoms with van der Waals surface area (Å²) in [7, 11) is 0. The summed E-state index contributed by atoms with van der Waals surface area (Å²) in [6.07, 6.45) is -2.06. The van der Waals surface area contributed by atoms with E-state index in [0.29, 0.717) is 5.75 Å². The van der Waals surface area contributed by atoms with E-state index >= 15 is 0 Å². The molecule has 6 heteroatoms. The maximum atomic E-state index is 12.8. The van der Waals surface area contributed by atoms with Crippen molar-refractivity contribution in [2.75, 3.05) is 5.75 Å². The molecule has 3 N–H and O–H groups in total. The third-order valence-corrected chi connectivity index (χ3v) is 3.24. The van der Waals surface area contributed by atoms with Gasteiger partial charge in [-0.15, -0.1) is 0 Å². The molecule has 0 radical (unpaired) electrons. The third-order valence-electron chi connectivity index (χ3n) is 2.40. The fourth-order valence-electron chi connectivity index (χ4n) is 1.42. The second kappa shape index (κ2) is 6.72. The Balaban J connectivity index is 2.59. The molecule has 18 heavy (non-hydrogen) atoms. The molecule has 0 amide bonds. The van der Waals surface area contributed by atoms with Gasteiger partial charge in [0.2, 0.25) is 0 Å². The first kappa shape index (κ1) is 14.9. The number of rotatable bonds is 5. The highest BCUT2D eigenvalue weighted by Crippen LogP contribution is 2.25. The molecule has 0 aliphatic heterocycles. The molecule has 0 aliphatic carbocycles. The van der Waals surface area contributed by atoms with Crippen LogP contribution < -0.4 is 0 Å². The number of hydrogen-bond acceptors (Lipinski definition) is 5. The summed E-state index contributed by atoms with van der Waals surface area (Å²) in [6, 6.07) is 3.38. The van der Waals surface area contributed by atoms with E-state index in [2.05, 4.69) is 0 Å². The minimum Gasteiger partial charge on any atom is -0.505 e. The zero-order valence-electron chi connectivity index (χ0n) is 9.84.